The number of hydrogen-bond donors (Lipinski definition) is 3. The normalized spacial score (nSPS) is 22.4. The van der Waals surface area contributed by atoms with Crippen LogP contribution in [0.1, 0.15) is 58.1 Å². The van der Waals surface area contributed by atoms with Gasteiger partial charge in [0.15, 0.2) is 5.69 Å². The molecule has 2 atom stereocenters. The summed E-state index contributed by atoms with van der Waals surface area (Å²) >= 11 is 0. The van der Waals surface area contributed by atoms with Crippen molar-refractivity contribution in [1.29, 1.82) is 0 Å². The molecule has 11 nitrogen and oxygen atoms in total. The highest BCUT2D eigenvalue weighted by Crippen LogP contribution is 2.57. The van der Waals surface area contributed by atoms with E-state index in [1.165, 1.54) is 16.8 Å². The Labute approximate surface area is 228 Å². The van der Waals surface area contributed by atoms with Crippen LogP contribution in [0.4, 0.5) is 10.5 Å². The van der Waals surface area contributed by atoms with Gasteiger partial charge >= 0.3 is 6.03 Å². The molecule has 4 N–H and O–H groups in total. The van der Waals surface area contributed by atoms with Crippen LogP contribution in [0.2, 0.25) is 0 Å². The lowest BCUT2D eigenvalue weighted by Crippen LogP contribution is -2.50. The predicted octanol–water partition coefficient (Wildman–Crippen LogP) is 1.29. The summed E-state index contributed by atoms with van der Waals surface area (Å²) in [7, 11) is 0. The molecule has 1 saturated carbocycles. The van der Waals surface area contributed by atoms with Crippen molar-refractivity contribution in [2.24, 2.45) is 11.8 Å². The second kappa shape index (κ2) is 10.2. The number of urea groups is 1. The first-order valence-corrected chi connectivity index (χ1v) is 14.1. The summed E-state index contributed by atoms with van der Waals surface area (Å²) in [5.41, 5.74) is 8.57. The number of carbonyl (C=O) groups is 3. The molecule has 2 saturated heterocycles. The number of piperazine rings is 1. The zero-order valence-corrected chi connectivity index (χ0v) is 22.8. The number of benzene rings is 1. The van der Waals surface area contributed by atoms with E-state index in [2.05, 4.69) is 47.7 Å². The maximum atomic E-state index is 13.6. The molecule has 0 radical (unpaired) electrons. The van der Waals surface area contributed by atoms with Gasteiger partial charge < -0.3 is 20.0 Å². The molecule has 2 aromatic rings. The van der Waals surface area contributed by atoms with E-state index in [0.29, 0.717) is 56.6 Å². The van der Waals surface area contributed by atoms with Crippen LogP contribution in [0.3, 0.4) is 0 Å². The van der Waals surface area contributed by atoms with Crippen molar-refractivity contribution >= 4 is 23.5 Å². The Kier molecular flexibility index (Phi) is 6.70. The number of anilines is 1. The number of likely N-dealkylation sites (tertiary alicyclic amines) is 1. The first-order chi connectivity index (χ1) is 18.8. The molecule has 0 unspecified atom stereocenters. The summed E-state index contributed by atoms with van der Waals surface area (Å²) in [5, 5.41) is 7.57. The number of nitrogens with zero attached hydrogens (tertiary/aromatic N) is 5. The number of carbonyl (C=O) groups excluding carboxylic acids is 3. The highest BCUT2D eigenvalue weighted by molar-refractivity contribution is 5.95. The molecule has 6 rings (SSSR count). The first-order valence-electron chi connectivity index (χ1n) is 14.1. The minimum atomic E-state index is -0.410. The Morgan fingerprint density at radius 1 is 1.03 bits per heavy atom. The smallest absolute Gasteiger partial charge is 0.329 e. The Bertz CT molecular complexity index is 1290. The van der Waals surface area contributed by atoms with Gasteiger partial charge in [0.25, 0.3) is 5.91 Å². The highest BCUT2D eigenvalue weighted by atomic mass is 16.2. The molecule has 11 heteroatoms. The van der Waals surface area contributed by atoms with Crippen LogP contribution in [0.15, 0.2) is 18.2 Å². The Balaban J connectivity index is 1.10. The minimum Gasteiger partial charge on any atom is -0.368 e. The van der Waals surface area contributed by atoms with E-state index in [1.807, 2.05) is 14.5 Å². The third-order valence-corrected chi connectivity index (χ3v) is 9.13. The molecule has 2 aliphatic carbocycles. The molecule has 208 valence electrons. The fourth-order valence-electron chi connectivity index (χ4n) is 6.59. The number of piperidine rings is 1. The molecule has 2 aliphatic heterocycles. The van der Waals surface area contributed by atoms with Gasteiger partial charge in [-0.2, -0.15) is 5.10 Å². The van der Waals surface area contributed by atoms with Crippen LogP contribution in [-0.2, 0) is 17.8 Å². The van der Waals surface area contributed by atoms with Gasteiger partial charge in [0, 0.05) is 62.3 Å². The van der Waals surface area contributed by atoms with E-state index < -0.39 is 6.03 Å². The zero-order chi connectivity index (χ0) is 27.3. The van der Waals surface area contributed by atoms with E-state index in [4.69, 9.17) is 10.9 Å². The number of nitrogens with two attached hydrogens (primary N) is 1. The van der Waals surface area contributed by atoms with Gasteiger partial charge in [0.05, 0.1) is 0 Å². The lowest BCUT2D eigenvalue weighted by atomic mass is 10.0. The summed E-state index contributed by atoms with van der Waals surface area (Å²) in [6, 6.07) is 5.96. The lowest BCUT2D eigenvalue weighted by Gasteiger charge is -2.37. The molecule has 0 bridgehead atoms. The fraction of sp³-hybridized carbons (Fsp3) is 0.571. The van der Waals surface area contributed by atoms with Crippen LogP contribution >= 0.6 is 0 Å². The molecule has 1 aromatic carbocycles. The number of aromatic nitrogens is 2. The van der Waals surface area contributed by atoms with Crippen molar-refractivity contribution in [3.05, 3.63) is 46.3 Å². The quantitative estimate of drug-likeness (QED) is 0.301. The average molecular weight is 535 g/mol. The summed E-state index contributed by atoms with van der Waals surface area (Å²) in [6.45, 7) is 8.53. The summed E-state index contributed by atoms with van der Waals surface area (Å²) in [4.78, 5) is 44.6. The van der Waals surface area contributed by atoms with E-state index >= 15 is 0 Å². The van der Waals surface area contributed by atoms with Gasteiger partial charge in [0.2, 0.25) is 5.91 Å². The standard InChI is InChI=1S/C28H38N8O3/c1-17-4-3-5-22(18(17)2)33-10-12-34(13-11-33)24(37)16-36-23-15-19-14-21(19)25(23)26(32-36)27(38)35-8-6-20(7-9-35)30-28(39)31-29/h3-5,19-21H,6-16,29H2,1-2H3,(H2,30,31,39)/t19-,21-/m1/s1. The molecule has 0 spiro atoms. The molecule has 4 amide bonds. The van der Waals surface area contributed by atoms with Crippen LogP contribution in [0.25, 0.3) is 0 Å². The molecule has 4 aliphatic rings. The van der Waals surface area contributed by atoms with E-state index in [-0.39, 0.29) is 24.4 Å². The van der Waals surface area contributed by atoms with Crippen molar-refractivity contribution in [3.8, 4) is 0 Å². The molecule has 39 heavy (non-hydrogen) atoms. The second-order valence-corrected chi connectivity index (χ2v) is 11.4. The minimum absolute atomic E-state index is 0.0124. The van der Waals surface area contributed by atoms with Gasteiger partial charge in [-0.3, -0.25) is 19.7 Å². The fourth-order valence-corrected chi connectivity index (χ4v) is 6.59. The van der Waals surface area contributed by atoms with Crippen molar-refractivity contribution in [2.45, 2.75) is 58.0 Å². The molecular formula is C28H38N8O3. The van der Waals surface area contributed by atoms with Crippen molar-refractivity contribution < 1.29 is 14.4 Å². The number of aryl methyl sites for hydroxylation is 1. The van der Waals surface area contributed by atoms with Crippen LogP contribution < -0.4 is 21.5 Å². The van der Waals surface area contributed by atoms with Gasteiger partial charge in [-0.1, -0.05) is 12.1 Å². The second-order valence-electron chi connectivity index (χ2n) is 11.4. The number of hydrogen-bond acceptors (Lipinski definition) is 6. The number of rotatable bonds is 5. The van der Waals surface area contributed by atoms with Crippen molar-refractivity contribution in [3.63, 3.8) is 0 Å². The van der Waals surface area contributed by atoms with E-state index in [1.54, 1.807) is 0 Å². The van der Waals surface area contributed by atoms with Crippen LogP contribution in [0, 0.1) is 19.8 Å². The molecule has 3 heterocycles. The molecule has 3 fully saturated rings. The largest absolute Gasteiger partial charge is 0.368 e. The molecular weight excluding hydrogens is 496 g/mol. The van der Waals surface area contributed by atoms with E-state index in [9.17, 15) is 14.4 Å². The van der Waals surface area contributed by atoms with Gasteiger partial charge in [-0.05, 0) is 68.6 Å². The average Bonchev–Trinajstić information content (AvgIpc) is 3.48. The zero-order valence-electron chi connectivity index (χ0n) is 22.8. The maximum absolute atomic E-state index is 13.6. The predicted molar refractivity (Wildman–Crippen MR) is 146 cm³/mol. The topological polar surface area (TPSA) is 129 Å². The third kappa shape index (κ3) is 4.84. The van der Waals surface area contributed by atoms with Crippen molar-refractivity contribution in [1.82, 2.24) is 30.3 Å². The summed E-state index contributed by atoms with van der Waals surface area (Å²) in [5.74, 6) is 6.15. The van der Waals surface area contributed by atoms with Crippen molar-refractivity contribution in [2.75, 3.05) is 44.2 Å². The highest BCUT2D eigenvalue weighted by Gasteiger charge is 2.50. The van der Waals surface area contributed by atoms with Crippen LogP contribution in [0.5, 0.6) is 0 Å². The van der Waals surface area contributed by atoms with Gasteiger partial charge in [-0.25, -0.2) is 10.6 Å². The lowest BCUT2D eigenvalue weighted by molar-refractivity contribution is -0.132. The van der Waals surface area contributed by atoms with E-state index in [0.717, 1.165) is 37.2 Å². The Morgan fingerprint density at radius 3 is 2.49 bits per heavy atom. The van der Waals surface area contributed by atoms with Crippen LogP contribution in [-0.4, -0.2) is 82.7 Å². The number of amides is 4. The number of nitrogens with one attached hydrogen (secondary N) is 2. The third-order valence-electron chi connectivity index (χ3n) is 9.13. The maximum Gasteiger partial charge on any atom is 0.329 e. The monoisotopic (exact) mass is 534 g/mol. The summed E-state index contributed by atoms with van der Waals surface area (Å²) in [6.07, 6.45) is 3.34. The SMILES string of the molecule is Cc1cccc(N2CCN(C(=O)Cn3nc(C(=O)N4CCC(NC(=O)NN)CC4)c4c3C[C@H]3C[C@@H]43)CC2)c1C. The van der Waals surface area contributed by atoms with Gasteiger partial charge in [-0.15, -0.1) is 0 Å². The number of hydrazine groups is 1. The first kappa shape index (κ1) is 25.7. The number of fused-ring (bicyclic) bond motifs is 3. The Hall–Kier alpha value is -3.60. The molecule has 1 aromatic heterocycles. The Morgan fingerprint density at radius 2 is 1.77 bits per heavy atom. The van der Waals surface area contributed by atoms with Gasteiger partial charge in [0.1, 0.15) is 6.54 Å². The summed E-state index contributed by atoms with van der Waals surface area (Å²) < 4.78 is 1.81.